The number of rotatable bonds is 9. The van der Waals surface area contributed by atoms with Gasteiger partial charge in [0.05, 0.1) is 18.7 Å². The predicted molar refractivity (Wildman–Crippen MR) is 217 cm³/mol. The van der Waals surface area contributed by atoms with Crippen molar-refractivity contribution < 1.29 is 58.8 Å². The van der Waals surface area contributed by atoms with Crippen LogP contribution < -0.4 is 29.5 Å². The third-order valence-corrected chi connectivity index (χ3v) is 9.99. The zero-order valence-electron chi connectivity index (χ0n) is 32.9. The number of ether oxygens (including phenoxy) is 1. The second-order valence-corrected chi connectivity index (χ2v) is 14.1. The van der Waals surface area contributed by atoms with Crippen LogP contribution in [-0.2, 0) is 49.6 Å². The third kappa shape index (κ3) is 13.5. The van der Waals surface area contributed by atoms with Crippen molar-refractivity contribution in [3.8, 4) is 0 Å². The Morgan fingerprint density at radius 1 is 0.696 bits per heavy atom. The number of aryl methyl sites for hydroxylation is 6. The summed E-state index contributed by atoms with van der Waals surface area (Å²) in [5.74, 6) is -0.514. The Hall–Kier alpha value is -4.72. The molecule has 56 heavy (non-hydrogen) atoms. The van der Waals surface area contributed by atoms with Crippen LogP contribution in [0.3, 0.4) is 0 Å². The fourth-order valence-electron chi connectivity index (χ4n) is 6.88. The Labute approximate surface area is 343 Å². The number of carbonyl (C=O) groups excluding carboxylic acids is 3. The van der Waals surface area contributed by atoms with E-state index in [0.717, 1.165) is 44.8 Å². The first kappa shape index (κ1) is 49.3. The average molecular weight is 761 g/mol. The molecule has 4 aromatic rings. The number of Topliss-reactive ketones (excluding diaryl/α,β-unsaturated/α-hetero) is 2. The first-order valence-electron chi connectivity index (χ1n) is 18.2. The van der Waals surface area contributed by atoms with Crippen LogP contribution in [0.15, 0.2) is 72.8 Å². The predicted octanol–water partition coefficient (Wildman–Crippen LogP) is 5.10. The molecule has 0 radical (unpaired) electrons. The van der Waals surface area contributed by atoms with Crippen LogP contribution in [0.4, 0.5) is 11.4 Å². The molecule has 6 N–H and O–H groups in total. The molecule has 0 bridgehead atoms. The Morgan fingerprint density at radius 3 is 1.52 bits per heavy atom. The van der Waals surface area contributed by atoms with E-state index in [1.54, 1.807) is 0 Å². The van der Waals surface area contributed by atoms with Gasteiger partial charge in [0.25, 0.3) is 0 Å². The van der Waals surface area contributed by atoms with Crippen molar-refractivity contribution >= 4 is 34.9 Å². The van der Waals surface area contributed by atoms with E-state index in [9.17, 15) is 19.2 Å². The van der Waals surface area contributed by atoms with E-state index in [1.807, 2.05) is 49.4 Å². The number of hydrogen-bond donors (Lipinski definition) is 3. The third-order valence-electron chi connectivity index (χ3n) is 9.99. The molecule has 10 nitrogen and oxygen atoms in total. The molecule has 4 aromatic carbocycles. The van der Waals surface area contributed by atoms with E-state index >= 15 is 0 Å². The molecule has 0 fully saturated rings. The Bertz CT molecular complexity index is 1980. The summed E-state index contributed by atoms with van der Waals surface area (Å²) in [6.45, 7) is 10.5. The molecule has 0 amide bonds. The molecule has 6 rings (SSSR count). The van der Waals surface area contributed by atoms with E-state index in [4.69, 9.17) is 9.84 Å². The maximum atomic E-state index is 12.5. The van der Waals surface area contributed by atoms with Gasteiger partial charge in [-0.1, -0.05) is 68.1 Å². The van der Waals surface area contributed by atoms with E-state index < -0.39 is 5.97 Å². The Balaban J connectivity index is 0.000000524. The summed E-state index contributed by atoms with van der Waals surface area (Å²) >= 11 is 0. The number of carboxylic acid groups (broad SMARTS) is 1. The molecule has 2 unspecified atom stereocenters. The summed E-state index contributed by atoms with van der Waals surface area (Å²) in [6, 6.07) is 24.4. The van der Waals surface area contributed by atoms with Crippen molar-refractivity contribution in [3.63, 3.8) is 0 Å². The standard InChI is InChI=1S/C23H27NO3.C21H23NO3.CH4.Li.2H2O/c1-4-27-23(26)9-8-17-6-5-7-18(12-17)22-14-20(25)13-19-10-15(2)16(3)11-21(19)24-22;1-13-8-17-11-18(23)12-20(22-19(17)9-14(13)2)16-5-3-4-15(10-16)6-7-21(24)25;;;;/h5-7,10-12,22,24H,4,8-9,13-14H2,1-3H3;3-5,8-10,20,22H,6-7,11-12H2,1-2H3,(H,24,25);1H4;;2*1H2/q;;;+1;;/p-1. The monoisotopic (exact) mass is 760 g/mol. The number of fused-ring (bicyclic) bond motifs is 2. The minimum atomic E-state index is -0.798. The number of hydrogen-bond acceptors (Lipinski definition) is 8. The fraction of sp³-hybridized carbons (Fsp3) is 0.378. The molecule has 0 aromatic heterocycles. The van der Waals surface area contributed by atoms with Gasteiger partial charge in [-0.05, 0) is 115 Å². The summed E-state index contributed by atoms with van der Waals surface area (Å²) in [4.78, 5) is 47.3. The van der Waals surface area contributed by atoms with Gasteiger partial charge in [0.15, 0.2) is 0 Å². The van der Waals surface area contributed by atoms with Gasteiger partial charge in [-0.3, -0.25) is 19.2 Å². The van der Waals surface area contributed by atoms with Gasteiger partial charge in [-0.15, -0.1) is 0 Å². The van der Waals surface area contributed by atoms with Crippen LogP contribution in [0, 0.1) is 27.7 Å². The Morgan fingerprint density at radius 2 is 1.11 bits per heavy atom. The quantitative estimate of drug-likeness (QED) is 0.154. The molecular formula is C45H57LiN2O8. The fourth-order valence-corrected chi connectivity index (χ4v) is 6.88. The minimum Gasteiger partial charge on any atom is -0.870 e. The van der Waals surface area contributed by atoms with Crippen LogP contribution in [0.5, 0.6) is 0 Å². The van der Waals surface area contributed by atoms with E-state index in [2.05, 4.69) is 68.7 Å². The number of carbonyl (C=O) groups is 4. The van der Waals surface area contributed by atoms with Crippen molar-refractivity contribution in [2.75, 3.05) is 17.2 Å². The minimum absolute atomic E-state index is 0. The maximum absolute atomic E-state index is 12.5. The van der Waals surface area contributed by atoms with Crippen LogP contribution in [-0.4, -0.2) is 46.2 Å². The van der Waals surface area contributed by atoms with Crippen molar-refractivity contribution in [3.05, 3.63) is 128 Å². The normalized spacial score (nSPS) is 15.3. The summed E-state index contributed by atoms with van der Waals surface area (Å²) in [5.41, 5.74) is 13.2. The summed E-state index contributed by atoms with van der Waals surface area (Å²) < 4.78 is 5.00. The van der Waals surface area contributed by atoms with Crippen LogP contribution >= 0.6 is 0 Å². The van der Waals surface area contributed by atoms with Gasteiger partial charge in [0.1, 0.15) is 11.6 Å². The molecule has 0 aliphatic carbocycles. The van der Waals surface area contributed by atoms with Crippen molar-refractivity contribution in [2.24, 2.45) is 0 Å². The topological polar surface area (TPSA) is 183 Å². The second kappa shape index (κ2) is 22.7. The summed E-state index contributed by atoms with van der Waals surface area (Å²) in [5, 5.41) is 16.0. The van der Waals surface area contributed by atoms with Gasteiger partial charge in [0, 0.05) is 49.9 Å². The van der Waals surface area contributed by atoms with E-state index in [0.29, 0.717) is 51.6 Å². The molecule has 296 valence electrons. The number of anilines is 2. The van der Waals surface area contributed by atoms with Crippen molar-refractivity contribution in [1.29, 1.82) is 0 Å². The molecule has 2 heterocycles. The molecule has 2 aliphatic rings. The number of benzene rings is 4. The van der Waals surface area contributed by atoms with Gasteiger partial charge < -0.3 is 31.4 Å². The van der Waals surface area contributed by atoms with Crippen LogP contribution in [0.1, 0.15) is 108 Å². The molecule has 0 spiro atoms. The first-order chi connectivity index (χ1) is 24.9. The number of aliphatic carboxylic acids is 1. The smallest absolute Gasteiger partial charge is 0.870 e. The maximum Gasteiger partial charge on any atom is 1.00 e. The van der Waals surface area contributed by atoms with E-state index in [1.165, 1.54) is 22.3 Å². The number of esters is 1. The number of nitrogens with one attached hydrogen (secondary N) is 2. The number of ketones is 2. The first-order valence-corrected chi connectivity index (χ1v) is 18.2. The molecule has 0 saturated carbocycles. The Kier molecular flexibility index (Phi) is 20.0. The van der Waals surface area contributed by atoms with E-state index in [-0.39, 0.29) is 73.3 Å². The van der Waals surface area contributed by atoms with Crippen LogP contribution in [0.25, 0.3) is 0 Å². The average Bonchev–Trinajstić information content (AvgIpc) is 3.37. The zero-order valence-corrected chi connectivity index (χ0v) is 32.9. The molecule has 11 heteroatoms. The van der Waals surface area contributed by atoms with Gasteiger partial charge >= 0.3 is 30.8 Å². The van der Waals surface area contributed by atoms with Crippen molar-refractivity contribution in [1.82, 2.24) is 0 Å². The summed E-state index contributed by atoms with van der Waals surface area (Å²) in [7, 11) is 0. The van der Waals surface area contributed by atoms with Crippen LogP contribution in [0.2, 0.25) is 0 Å². The second-order valence-electron chi connectivity index (χ2n) is 14.1. The van der Waals surface area contributed by atoms with Gasteiger partial charge in [-0.2, -0.15) is 0 Å². The largest absolute Gasteiger partial charge is 1.00 e. The van der Waals surface area contributed by atoms with Crippen molar-refractivity contribution in [2.45, 2.75) is 105 Å². The zero-order chi connectivity index (χ0) is 37.4. The van der Waals surface area contributed by atoms with Gasteiger partial charge in [-0.25, -0.2) is 0 Å². The SMILES string of the molecule is C.CCOC(=O)CCc1cccc(C2CC(=O)Cc3cc(C)c(C)cc3N2)c1.Cc1cc2c(cc1C)NC(c1cccc(CCC(=O)O)c1)CC(=O)C2.O.[Li+].[OH-]. The molecule has 2 aliphatic heterocycles. The van der Waals surface area contributed by atoms with Gasteiger partial charge in [0.2, 0.25) is 0 Å². The summed E-state index contributed by atoms with van der Waals surface area (Å²) in [6.07, 6.45) is 3.46. The molecular weight excluding hydrogens is 703 g/mol. The molecule has 0 saturated heterocycles. The molecule has 2 atom stereocenters. The number of carboxylic acids is 1.